The van der Waals surface area contributed by atoms with Crippen molar-refractivity contribution in [2.45, 2.75) is 41.2 Å². The van der Waals surface area contributed by atoms with Gasteiger partial charge in [-0.2, -0.15) is 0 Å². The molecule has 0 amide bonds. The predicted molar refractivity (Wildman–Crippen MR) is 125 cm³/mol. The van der Waals surface area contributed by atoms with Gasteiger partial charge >= 0.3 is 0 Å². The number of nitrogen functional groups attached to an aromatic ring is 1. The molecular formula is C24H29N5O2. The number of pyridine rings is 2. The van der Waals surface area contributed by atoms with E-state index in [2.05, 4.69) is 20.4 Å². The van der Waals surface area contributed by atoms with E-state index < -0.39 is 0 Å². The molecule has 0 unspecified atom stereocenters. The number of nitrogens with two attached hydrogens (primary N) is 1. The van der Waals surface area contributed by atoms with Crippen molar-refractivity contribution in [3.63, 3.8) is 0 Å². The van der Waals surface area contributed by atoms with Crippen LogP contribution < -0.4 is 15.8 Å². The maximum absolute atomic E-state index is 6.24. The lowest BCUT2D eigenvalue weighted by Crippen LogP contribution is -2.06. The van der Waals surface area contributed by atoms with Crippen LogP contribution in [0.15, 0.2) is 41.1 Å². The van der Waals surface area contributed by atoms with Gasteiger partial charge in [-0.3, -0.25) is 9.97 Å². The molecule has 31 heavy (non-hydrogen) atoms. The zero-order valence-electron chi connectivity index (χ0n) is 18.9. The van der Waals surface area contributed by atoms with Crippen molar-refractivity contribution in [1.82, 2.24) is 15.1 Å². The van der Waals surface area contributed by atoms with Crippen LogP contribution in [-0.2, 0) is 6.54 Å². The van der Waals surface area contributed by atoms with Crippen LogP contribution in [0.3, 0.4) is 0 Å². The van der Waals surface area contributed by atoms with Crippen LogP contribution >= 0.6 is 0 Å². The number of aromatic nitrogens is 3. The van der Waals surface area contributed by atoms with E-state index >= 15 is 0 Å². The normalized spacial score (nSPS) is 10.5. The van der Waals surface area contributed by atoms with E-state index in [1.165, 1.54) is 0 Å². The number of benzene rings is 1. The van der Waals surface area contributed by atoms with E-state index in [1.54, 1.807) is 13.3 Å². The fourth-order valence-electron chi connectivity index (χ4n) is 3.54. The minimum Gasteiger partial charge on any atom is -0.496 e. The number of ether oxygens (including phenoxy) is 1. The van der Waals surface area contributed by atoms with Gasteiger partial charge in [-0.1, -0.05) is 25.1 Å². The van der Waals surface area contributed by atoms with E-state index in [9.17, 15) is 0 Å². The number of hydrogen-bond acceptors (Lipinski definition) is 7. The van der Waals surface area contributed by atoms with E-state index in [0.29, 0.717) is 18.0 Å². The number of hydrogen-bond donors (Lipinski definition) is 2. The second-order valence-corrected chi connectivity index (χ2v) is 6.98. The molecule has 0 saturated carbocycles. The summed E-state index contributed by atoms with van der Waals surface area (Å²) in [6, 6.07) is 9.88. The Morgan fingerprint density at radius 3 is 2.55 bits per heavy atom. The summed E-state index contributed by atoms with van der Waals surface area (Å²) < 4.78 is 11.0. The van der Waals surface area contributed by atoms with Crippen LogP contribution in [0.2, 0.25) is 0 Å². The molecule has 0 saturated heterocycles. The number of nitrogens with zero attached hydrogens (tertiary/aromatic N) is 3. The molecule has 3 aromatic heterocycles. The molecule has 0 aliphatic carbocycles. The van der Waals surface area contributed by atoms with Crippen LogP contribution in [0.25, 0.3) is 22.0 Å². The molecule has 0 fully saturated rings. The van der Waals surface area contributed by atoms with E-state index in [4.69, 9.17) is 15.0 Å². The van der Waals surface area contributed by atoms with Crippen LogP contribution in [0.1, 0.15) is 36.7 Å². The summed E-state index contributed by atoms with van der Waals surface area (Å²) in [7, 11) is 1.65. The molecule has 0 spiro atoms. The zero-order valence-corrected chi connectivity index (χ0v) is 18.9. The number of anilines is 2. The smallest absolute Gasteiger partial charge is 0.141 e. The highest BCUT2D eigenvalue weighted by Crippen LogP contribution is 2.40. The van der Waals surface area contributed by atoms with Gasteiger partial charge in [0.25, 0.3) is 0 Å². The first-order chi connectivity index (χ1) is 15.0. The molecular weight excluding hydrogens is 390 g/mol. The lowest BCUT2D eigenvalue weighted by Gasteiger charge is -2.15. The fraction of sp³-hybridized carbons (Fsp3) is 0.292. The Morgan fingerprint density at radius 2 is 1.90 bits per heavy atom. The summed E-state index contributed by atoms with van der Waals surface area (Å²) >= 11 is 0. The Labute approximate surface area is 182 Å². The first-order valence-corrected chi connectivity index (χ1v) is 10.3. The third-order valence-electron chi connectivity index (χ3n) is 4.91. The maximum Gasteiger partial charge on any atom is 0.141 e. The van der Waals surface area contributed by atoms with Gasteiger partial charge in [0.15, 0.2) is 0 Å². The summed E-state index contributed by atoms with van der Waals surface area (Å²) in [5.41, 5.74) is 12.9. The minimum absolute atomic E-state index is 0.554. The molecule has 0 atom stereocenters. The second-order valence-electron chi connectivity index (χ2n) is 6.98. The topological polar surface area (TPSA) is 99.1 Å². The van der Waals surface area contributed by atoms with Crippen molar-refractivity contribution in [3.8, 4) is 16.9 Å². The summed E-state index contributed by atoms with van der Waals surface area (Å²) in [5, 5.41) is 8.35. The van der Waals surface area contributed by atoms with E-state index in [-0.39, 0.29) is 0 Å². The van der Waals surface area contributed by atoms with Crippen LogP contribution in [0.5, 0.6) is 5.75 Å². The molecule has 162 valence electrons. The summed E-state index contributed by atoms with van der Waals surface area (Å²) in [6.07, 6.45) is 1.66. The molecule has 4 rings (SSSR count). The Kier molecular flexibility index (Phi) is 6.74. The highest BCUT2D eigenvalue weighted by molar-refractivity contribution is 6.00. The Morgan fingerprint density at radius 1 is 1.13 bits per heavy atom. The van der Waals surface area contributed by atoms with E-state index in [1.807, 2.05) is 65.0 Å². The third-order valence-corrected chi connectivity index (χ3v) is 4.91. The average Bonchev–Trinajstić information content (AvgIpc) is 3.11. The van der Waals surface area contributed by atoms with Crippen molar-refractivity contribution in [3.05, 3.63) is 59.4 Å². The van der Waals surface area contributed by atoms with Crippen molar-refractivity contribution in [2.24, 2.45) is 0 Å². The standard InChI is InChI=1S/C22H23N5O2.C2H6/c1-12-6-5-7-15(26-12)10-25-22-16-9-20(28-4)17(8-19(16)24-11-18(22)23)21-13(2)27-29-14(21)3;1-2/h5-9,11H,10,23H2,1-4H3,(H,24,25);1-2H3. The van der Waals surface area contributed by atoms with Crippen LogP contribution in [0.4, 0.5) is 11.4 Å². The fourth-order valence-corrected chi connectivity index (χ4v) is 3.54. The molecule has 7 nitrogen and oxygen atoms in total. The van der Waals surface area contributed by atoms with Crippen molar-refractivity contribution >= 4 is 22.3 Å². The quantitative estimate of drug-likeness (QED) is 0.444. The number of rotatable bonds is 5. The van der Waals surface area contributed by atoms with Crippen LogP contribution in [0, 0.1) is 20.8 Å². The van der Waals surface area contributed by atoms with Crippen molar-refractivity contribution in [2.75, 3.05) is 18.2 Å². The molecule has 1 aromatic carbocycles. The minimum atomic E-state index is 0.554. The Balaban J connectivity index is 0.00000132. The monoisotopic (exact) mass is 419 g/mol. The van der Waals surface area contributed by atoms with Gasteiger partial charge in [-0.25, -0.2) is 0 Å². The van der Waals surface area contributed by atoms with Crippen molar-refractivity contribution in [1.29, 1.82) is 0 Å². The molecule has 0 bridgehead atoms. The lowest BCUT2D eigenvalue weighted by atomic mass is 10.00. The first kappa shape index (κ1) is 22.1. The van der Waals surface area contributed by atoms with Gasteiger partial charge in [0.2, 0.25) is 0 Å². The number of aryl methyl sites for hydroxylation is 3. The first-order valence-electron chi connectivity index (χ1n) is 10.3. The van der Waals surface area contributed by atoms with E-state index in [0.717, 1.165) is 50.6 Å². The summed E-state index contributed by atoms with van der Waals surface area (Å²) in [6.45, 7) is 10.3. The van der Waals surface area contributed by atoms with Gasteiger partial charge < -0.3 is 20.3 Å². The highest BCUT2D eigenvalue weighted by Gasteiger charge is 2.19. The third kappa shape index (κ3) is 4.45. The maximum atomic E-state index is 6.24. The molecule has 0 aliphatic heterocycles. The number of fused-ring (bicyclic) bond motifs is 1. The molecule has 3 N–H and O–H groups in total. The van der Waals surface area contributed by atoms with Gasteiger partial charge in [-0.15, -0.1) is 0 Å². The Hall–Kier alpha value is -3.61. The van der Waals surface area contributed by atoms with Gasteiger partial charge in [0.05, 0.1) is 53.7 Å². The predicted octanol–water partition coefficient (Wildman–Crippen LogP) is 5.44. The SMILES string of the molecule is CC.COc1cc2c(NCc3cccc(C)n3)c(N)cnc2cc1-c1c(C)noc1C. The van der Waals surface area contributed by atoms with Crippen molar-refractivity contribution < 1.29 is 9.26 Å². The molecule has 0 radical (unpaired) electrons. The van der Waals surface area contributed by atoms with Gasteiger partial charge in [0, 0.05) is 16.6 Å². The molecule has 3 heterocycles. The summed E-state index contributed by atoms with van der Waals surface area (Å²) in [5.74, 6) is 1.44. The molecule has 0 aliphatic rings. The second kappa shape index (κ2) is 9.47. The Bertz CT molecular complexity index is 1180. The van der Waals surface area contributed by atoms with Crippen LogP contribution in [-0.4, -0.2) is 22.2 Å². The molecule has 7 heteroatoms. The number of methoxy groups -OCH3 is 1. The molecule has 4 aromatic rings. The number of nitrogens with one attached hydrogen (secondary N) is 1. The zero-order chi connectivity index (χ0) is 22.5. The lowest BCUT2D eigenvalue weighted by molar-refractivity contribution is 0.393. The average molecular weight is 420 g/mol. The highest BCUT2D eigenvalue weighted by atomic mass is 16.5. The largest absolute Gasteiger partial charge is 0.496 e. The van der Waals surface area contributed by atoms with Gasteiger partial charge in [0.1, 0.15) is 11.5 Å². The summed E-state index contributed by atoms with van der Waals surface area (Å²) in [4.78, 5) is 9.07. The van der Waals surface area contributed by atoms with Gasteiger partial charge in [-0.05, 0) is 45.0 Å².